The maximum atomic E-state index is 14.1. The summed E-state index contributed by atoms with van der Waals surface area (Å²) in [6.07, 6.45) is 0.642. The monoisotopic (exact) mass is 442 g/mol. The molecule has 9 heteroatoms. The maximum Gasteiger partial charge on any atom is 0.295 e. The third kappa shape index (κ3) is 4.18. The predicted molar refractivity (Wildman–Crippen MR) is 115 cm³/mol. The zero-order chi connectivity index (χ0) is 22.8. The fourth-order valence-electron chi connectivity index (χ4n) is 4.46. The van der Waals surface area contributed by atoms with Crippen LogP contribution in [-0.4, -0.2) is 76.2 Å². The first-order chi connectivity index (χ1) is 15.4. The molecule has 32 heavy (non-hydrogen) atoms. The summed E-state index contributed by atoms with van der Waals surface area (Å²) in [6, 6.07) is 4.93. The third-order valence-corrected chi connectivity index (χ3v) is 6.05. The number of aromatic nitrogens is 2. The number of aryl methyl sites for hydroxylation is 2. The predicted octanol–water partition coefficient (Wildman–Crippen LogP) is 2.31. The number of carbonyl (C=O) groups is 2. The van der Waals surface area contributed by atoms with Gasteiger partial charge in [-0.2, -0.15) is 5.10 Å². The summed E-state index contributed by atoms with van der Waals surface area (Å²) in [5.41, 5.74) is 1.88. The lowest BCUT2D eigenvalue weighted by molar-refractivity contribution is -0.140. The van der Waals surface area contributed by atoms with E-state index in [9.17, 15) is 19.1 Å². The van der Waals surface area contributed by atoms with E-state index in [1.807, 2.05) is 0 Å². The minimum Gasteiger partial charge on any atom is -0.507 e. The Kier molecular flexibility index (Phi) is 6.38. The van der Waals surface area contributed by atoms with Gasteiger partial charge in [0.25, 0.3) is 11.7 Å². The molecule has 1 amide bonds. The van der Waals surface area contributed by atoms with Crippen LogP contribution in [0.15, 0.2) is 29.8 Å². The van der Waals surface area contributed by atoms with E-state index in [1.54, 1.807) is 19.9 Å². The molecule has 8 nitrogen and oxygen atoms in total. The summed E-state index contributed by atoms with van der Waals surface area (Å²) >= 11 is 0. The van der Waals surface area contributed by atoms with E-state index in [-0.39, 0.29) is 11.3 Å². The Balaban J connectivity index is 1.70. The Labute approximate surface area is 185 Å². The molecule has 1 aromatic heterocycles. The summed E-state index contributed by atoms with van der Waals surface area (Å²) in [6.45, 7) is 7.50. The van der Waals surface area contributed by atoms with Crippen LogP contribution >= 0.6 is 0 Å². The molecule has 2 N–H and O–H groups in total. The Hall–Kier alpha value is -3.04. The molecule has 0 aliphatic carbocycles. The van der Waals surface area contributed by atoms with Gasteiger partial charge in [-0.05, 0) is 38.0 Å². The summed E-state index contributed by atoms with van der Waals surface area (Å²) in [7, 11) is 0. The van der Waals surface area contributed by atoms with Crippen LogP contribution in [-0.2, 0) is 14.3 Å². The summed E-state index contributed by atoms with van der Waals surface area (Å²) in [5.74, 6) is -2.24. The van der Waals surface area contributed by atoms with Crippen LogP contribution < -0.4 is 0 Å². The van der Waals surface area contributed by atoms with Gasteiger partial charge in [-0.25, -0.2) is 4.39 Å². The normalized spacial score (nSPS) is 21.5. The molecule has 1 atom stereocenters. The van der Waals surface area contributed by atoms with Gasteiger partial charge in [0, 0.05) is 31.9 Å². The molecule has 2 aliphatic heterocycles. The van der Waals surface area contributed by atoms with Gasteiger partial charge in [-0.3, -0.25) is 19.6 Å². The summed E-state index contributed by atoms with van der Waals surface area (Å²) < 4.78 is 19.4. The zero-order valence-electron chi connectivity index (χ0n) is 18.2. The first-order valence-electron chi connectivity index (χ1n) is 10.7. The number of benzene rings is 1. The van der Waals surface area contributed by atoms with E-state index in [2.05, 4.69) is 15.1 Å². The Morgan fingerprint density at radius 1 is 1.25 bits per heavy atom. The number of aromatic amines is 1. The van der Waals surface area contributed by atoms with Crippen molar-refractivity contribution in [2.45, 2.75) is 26.3 Å². The number of amides is 1. The average molecular weight is 442 g/mol. The minimum absolute atomic E-state index is 0.0421. The largest absolute Gasteiger partial charge is 0.507 e. The number of H-pyrrole nitrogens is 1. The van der Waals surface area contributed by atoms with Crippen molar-refractivity contribution in [1.29, 1.82) is 0 Å². The number of aliphatic hydroxyl groups is 1. The number of likely N-dealkylation sites (tertiary alicyclic amines) is 1. The second-order valence-electron chi connectivity index (χ2n) is 8.16. The topological polar surface area (TPSA) is 98.8 Å². The number of Topliss-reactive ketones (excluding diaryl/α,β-unsaturated/α-hetero) is 1. The van der Waals surface area contributed by atoms with Crippen LogP contribution in [0.5, 0.6) is 0 Å². The van der Waals surface area contributed by atoms with Gasteiger partial charge in [0.05, 0.1) is 36.1 Å². The SMILES string of the molecule is Cc1n[nH]c(C)c1/C(O)=C1\C(=O)C(=O)N(CCCN2CCOCC2)[C@@H]1c1cccc(F)c1. The van der Waals surface area contributed by atoms with Gasteiger partial charge in [-0.15, -0.1) is 0 Å². The number of halogens is 1. The highest BCUT2D eigenvalue weighted by Gasteiger charge is 2.46. The highest BCUT2D eigenvalue weighted by molar-refractivity contribution is 6.46. The van der Waals surface area contributed by atoms with Gasteiger partial charge in [-0.1, -0.05) is 12.1 Å². The van der Waals surface area contributed by atoms with Crippen molar-refractivity contribution in [3.05, 3.63) is 58.2 Å². The van der Waals surface area contributed by atoms with Crippen molar-refractivity contribution < 1.29 is 23.8 Å². The second-order valence-corrected chi connectivity index (χ2v) is 8.16. The molecule has 2 fully saturated rings. The molecule has 2 saturated heterocycles. The first kappa shape index (κ1) is 22.2. The zero-order valence-corrected chi connectivity index (χ0v) is 18.2. The van der Waals surface area contributed by atoms with E-state index < -0.39 is 23.5 Å². The standard InChI is InChI=1S/C23H27FN4O4/c1-14-18(15(2)26-25-14)21(29)19-20(16-5-3-6-17(24)13-16)28(23(31)22(19)30)8-4-7-27-9-11-32-12-10-27/h3,5-6,13,20,29H,4,7-12H2,1-2H3,(H,25,26)/b21-19+/t20-/m1/s1. The summed E-state index contributed by atoms with van der Waals surface area (Å²) in [5, 5.41) is 18.0. The van der Waals surface area contributed by atoms with Crippen molar-refractivity contribution in [1.82, 2.24) is 20.0 Å². The van der Waals surface area contributed by atoms with E-state index in [1.165, 1.54) is 23.1 Å². The number of ether oxygens (including phenoxy) is 1. The first-order valence-corrected chi connectivity index (χ1v) is 10.7. The molecule has 4 rings (SSSR count). The Bertz CT molecular complexity index is 1040. The number of aliphatic hydroxyl groups excluding tert-OH is 1. The lowest BCUT2D eigenvalue weighted by Crippen LogP contribution is -2.39. The van der Waals surface area contributed by atoms with Crippen molar-refractivity contribution in [3.8, 4) is 0 Å². The molecule has 0 unspecified atom stereocenters. The van der Waals surface area contributed by atoms with Crippen LogP contribution in [0.2, 0.25) is 0 Å². The number of rotatable bonds is 6. The number of carbonyl (C=O) groups excluding carboxylic acids is 2. The molecule has 0 spiro atoms. The number of hydrogen-bond acceptors (Lipinski definition) is 6. The van der Waals surface area contributed by atoms with Gasteiger partial charge in [0.15, 0.2) is 0 Å². The van der Waals surface area contributed by atoms with Crippen molar-refractivity contribution in [2.75, 3.05) is 39.4 Å². The number of hydrogen-bond donors (Lipinski definition) is 2. The molecule has 1 aromatic carbocycles. The van der Waals surface area contributed by atoms with E-state index >= 15 is 0 Å². The van der Waals surface area contributed by atoms with Crippen molar-refractivity contribution in [2.24, 2.45) is 0 Å². The molecule has 2 aromatic rings. The number of nitrogens with zero attached hydrogens (tertiary/aromatic N) is 3. The van der Waals surface area contributed by atoms with Crippen molar-refractivity contribution in [3.63, 3.8) is 0 Å². The van der Waals surface area contributed by atoms with Gasteiger partial charge >= 0.3 is 0 Å². The average Bonchev–Trinajstić information content (AvgIpc) is 3.24. The minimum atomic E-state index is -0.871. The van der Waals surface area contributed by atoms with Crippen LogP contribution in [0.4, 0.5) is 4.39 Å². The van der Waals surface area contributed by atoms with Crippen LogP contribution in [0.25, 0.3) is 5.76 Å². The van der Waals surface area contributed by atoms with E-state index in [4.69, 9.17) is 4.74 Å². The maximum absolute atomic E-state index is 14.1. The van der Waals surface area contributed by atoms with Crippen LogP contribution in [0.1, 0.15) is 35.0 Å². The number of ketones is 1. The fourth-order valence-corrected chi connectivity index (χ4v) is 4.46. The highest BCUT2D eigenvalue weighted by Crippen LogP contribution is 2.40. The molecule has 2 aliphatic rings. The molecule has 170 valence electrons. The smallest absolute Gasteiger partial charge is 0.295 e. The number of morpholine rings is 1. The molecule has 3 heterocycles. The lowest BCUT2D eigenvalue weighted by atomic mass is 9.94. The third-order valence-electron chi connectivity index (χ3n) is 6.05. The number of nitrogens with one attached hydrogen (secondary N) is 1. The Morgan fingerprint density at radius 3 is 2.66 bits per heavy atom. The molecular weight excluding hydrogens is 415 g/mol. The quantitative estimate of drug-likeness (QED) is 0.405. The van der Waals surface area contributed by atoms with Gasteiger partial charge < -0.3 is 14.7 Å². The molecule has 0 saturated carbocycles. The molecule has 0 radical (unpaired) electrons. The summed E-state index contributed by atoms with van der Waals surface area (Å²) in [4.78, 5) is 29.7. The van der Waals surface area contributed by atoms with E-state index in [0.717, 1.165) is 19.6 Å². The van der Waals surface area contributed by atoms with Crippen LogP contribution in [0, 0.1) is 19.7 Å². The molecular formula is C23H27FN4O4. The van der Waals surface area contributed by atoms with Gasteiger partial charge in [0.1, 0.15) is 11.6 Å². The highest BCUT2D eigenvalue weighted by atomic mass is 19.1. The fraction of sp³-hybridized carbons (Fsp3) is 0.435. The lowest BCUT2D eigenvalue weighted by Gasteiger charge is -2.29. The van der Waals surface area contributed by atoms with E-state index in [0.29, 0.717) is 48.7 Å². The molecule has 0 bridgehead atoms. The Morgan fingerprint density at radius 2 is 2.00 bits per heavy atom. The van der Waals surface area contributed by atoms with Crippen molar-refractivity contribution >= 4 is 17.4 Å². The second kappa shape index (κ2) is 9.22. The van der Waals surface area contributed by atoms with Crippen LogP contribution in [0.3, 0.4) is 0 Å². The van der Waals surface area contributed by atoms with Gasteiger partial charge in [0.2, 0.25) is 0 Å².